The highest BCUT2D eigenvalue weighted by molar-refractivity contribution is 7.98. The molecule has 0 radical (unpaired) electrons. The lowest BCUT2D eigenvalue weighted by molar-refractivity contribution is -0.192. The summed E-state index contributed by atoms with van der Waals surface area (Å²) in [5.74, 6) is -2.95. The van der Waals surface area contributed by atoms with Crippen LogP contribution in [0.25, 0.3) is 10.8 Å². The lowest BCUT2D eigenvalue weighted by Crippen LogP contribution is -2.41. The molecule has 2 atom stereocenters. The Labute approximate surface area is 203 Å². The number of benzene rings is 2. The van der Waals surface area contributed by atoms with E-state index in [2.05, 4.69) is 23.3 Å². The highest BCUT2D eigenvalue weighted by Gasteiger charge is 2.38. The molecule has 2 aromatic carbocycles. The molecule has 0 aliphatic carbocycles. The van der Waals surface area contributed by atoms with E-state index >= 15 is 0 Å². The first-order valence-electron chi connectivity index (χ1n) is 9.87. The summed E-state index contributed by atoms with van der Waals surface area (Å²) in [6.45, 7) is 0.564. The smallest absolute Gasteiger partial charge is 0.480 e. The number of alkyl halides is 3. The Kier molecular flexibility index (Phi) is 12.0. The zero-order valence-corrected chi connectivity index (χ0v) is 19.8. The maximum Gasteiger partial charge on any atom is 0.490 e. The second-order valence-corrected chi connectivity index (χ2v) is 8.33. The van der Waals surface area contributed by atoms with Gasteiger partial charge in [-0.1, -0.05) is 24.3 Å². The Morgan fingerprint density at radius 1 is 1.12 bits per heavy atom. The molecule has 6 N–H and O–H groups in total. The van der Waals surface area contributed by atoms with Crippen LogP contribution in [0.4, 0.5) is 18.9 Å². The molecule has 0 heterocycles. The van der Waals surface area contributed by atoms with Crippen molar-refractivity contribution in [2.24, 2.45) is 5.73 Å². The van der Waals surface area contributed by atoms with Gasteiger partial charge in [-0.15, -0.1) is 0 Å². The molecule has 0 saturated carbocycles. The van der Waals surface area contributed by atoms with Gasteiger partial charge >= 0.3 is 18.1 Å². The van der Waals surface area contributed by atoms with Crippen LogP contribution >= 0.6 is 24.4 Å². The van der Waals surface area contributed by atoms with Gasteiger partial charge in [0, 0.05) is 35.0 Å². The molecule has 0 unspecified atom stereocenters. The van der Waals surface area contributed by atoms with Gasteiger partial charge in [-0.25, -0.2) is 9.59 Å². The van der Waals surface area contributed by atoms with Gasteiger partial charge in [0.2, 0.25) is 0 Å². The number of halogens is 3. The molecule has 8 nitrogen and oxygen atoms in total. The van der Waals surface area contributed by atoms with Gasteiger partial charge in [0.25, 0.3) is 5.91 Å². The van der Waals surface area contributed by atoms with E-state index in [9.17, 15) is 27.9 Å². The van der Waals surface area contributed by atoms with Crippen LogP contribution in [0.5, 0.6) is 0 Å². The fourth-order valence-corrected chi connectivity index (χ4v) is 3.29. The fraction of sp³-hybridized carbons (Fsp3) is 0.381. The third-order valence-electron chi connectivity index (χ3n) is 4.41. The fourth-order valence-electron chi connectivity index (χ4n) is 2.69. The second-order valence-electron chi connectivity index (χ2n) is 6.98. The molecule has 0 spiro atoms. The lowest BCUT2D eigenvalue weighted by Gasteiger charge is -2.17. The minimum absolute atomic E-state index is 0.0807. The number of thiol groups is 1. The van der Waals surface area contributed by atoms with Crippen LogP contribution in [-0.2, 0) is 9.59 Å². The van der Waals surface area contributed by atoms with Crippen LogP contribution in [0, 0.1) is 0 Å². The van der Waals surface area contributed by atoms with Crippen molar-refractivity contribution in [2.75, 3.05) is 29.6 Å². The number of amides is 1. The van der Waals surface area contributed by atoms with Gasteiger partial charge in [0.1, 0.15) is 6.04 Å². The van der Waals surface area contributed by atoms with Gasteiger partial charge in [0.05, 0.1) is 0 Å². The van der Waals surface area contributed by atoms with E-state index in [1.54, 1.807) is 17.8 Å². The molecular weight excluding hydrogens is 495 g/mol. The van der Waals surface area contributed by atoms with Gasteiger partial charge in [0.15, 0.2) is 0 Å². The Bertz CT molecular complexity index is 992. The quantitative estimate of drug-likeness (QED) is 0.262. The number of hydrogen-bond donors (Lipinski definition) is 6. The second kappa shape index (κ2) is 13.9. The molecule has 188 valence electrons. The molecule has 0 saturated heterocycles. The van der Waals surface area contributed by atoms with E-state index < -0.39 is 30.1 Å². The highest BCUT2D eigenvalue weighted by Crippen LogP contribution is 2.27. The van der Waals surface area contributed by atoms with Crippen LogP contribution in [-0.4, -0.2) is 70.6 Å². The van der Waals surface area contributed by atoms with Crippen molar-refractivity contribution >= 4 is 58.7 Å². The summed E-state index contributed by atoms with van der Waals surface area (Å²) in [5, 5.41) is 24.0. The van der Waals surface area contributed by atoms with Gasteiger partial charge < -0.3 is 26.6 Å². The number of carboxylic acid groups (broad SMARTS) is 2. The summed E-state index contributed by atoms with van der Waals surface area (Å²) in [7, 11) is 0. The number of aliphatic carboxylic acids is 2. The van der Waals surface area contributed by atoms with Crippen molar-refractivity contribution in [1.29, 1.82) is 0 Å². The summed E-state index contributed by atoms with van der Waals surface area (Å²) in [6.07, 6.45) is -2.80. The summed E-state index contributed by atoms with van der Waals surface area (Å²) in [4.78, 5) is 33.0. The topological polar surface area (TPSA) is 142 Å². The summed E-state index contributed by atoms with van der Waals surface area (Å²) in [6, 6.07) is 10.1. The first-order chi connectivity index (χ1) is 15.9. The number of rotatable bonds is 10. The van der Waals surface area contributed by atoms with Crippen molar-refractivity contribution in [3.63, 3.8) is 0 Å². The zero-order valence-electron chi connectivity index (χ0n) is 18.1. The Balaban J connectivity index is 0.000000718. The van der Waals surface area contributed by atoms with Crippen molar-refractivity contribution in [3.8, 4) is 0 Å². The van der Waals surface area contributed by atoms with Crippen LogP contribution in [0.3, 0.4) is 0 Å². The van der Waals surface area contributed by atoms with E-state index in [4.69, 9.17) is 15.6 Å². The number of carbonyl (C=O) groups excluding carboxylic acids is 1. The van der Waals surface area contributed by atoms with Crippen molar-refractivity contribution in [3.05, 3.63) is 42.0 Å². The minimum atomic E-state index is -5.08. The highest BCUT2D eigenvalue weighted by atomic mass is 32.2. The number of nitrogens with two attached hydrogens (primary N) is 1. The van der Waals surface area contributed by atoms with Gasteiger partial charge in [-0.3, -0.25) is 4.79 Å². The molecular formula is C21H26F3N3O5S2. The normalized spacial score (nSPS) is 12.8. The molecule has 2 aromatic rings. The van der Waals surface area contributed by atoms with Gasteiger partial charge in [-0.05, 0) is 35.9 Å². The van der Waals surface area contributed by atoms with E-state index in [0.29, 0.717) is 30.0 Å². The van der Waals surface area contributed by atoms with Crippen molar-refractivity contribution in [1.82, 2.24) is 5.32 Å². The maximum atomic E-state index is 12.7. The first kappa shape index (κ1) is 29.4. The molecule has 2 rings (SSSR count). The third kappa shape index (κ3) is 9.31. The Morgan fingerprint density at radius 3 is 2.21 bits per heavy atom. The van der Waals surface area contributed by atoms with Crippen LogP contribution in [0.15, 0.2) is 36.4 Å². The largest absolute Gasteiger partial charge is 0.490 e. The molecule has 0 bridgehead atoms. The summed E-state index contributed by atoms with van der Waals surface area (Å²) < 4.78 is 31.7. The van der Waals surface area contributed by atoms with Crippen molar-refractivity contribution < 1.29 is 37.8 Å². The number of carbonyl (C=O) groups is 3. The number of hydrogen-bond acceptors (Lipinski definition) is 7. The SMILES string of the molecule is CSCC[C@H](NC(=O)c1ccc(NC[C@@H](N)CS)c2ccccc12)C(=O)O.O=C(O)C(F)(F)F. The third-order valence-corrected chi connectivity index (χ3v) is 5.53. The molecule has 0 aromatic heterocycles. The minimum Gasteiger partial charge on any atom is -0.480 e. The number of nitrogens with one attached hydrogen (secondary N) is 2. The zero-order chi connectivity index (χ0) is 25.9. The lowest BCUT2D eigenvalue weighted by atomic mass is 10.0. The Hall–Kier alpha value is -2.64. The number of anilines is 1. The number of thioether (sulfide) groups is 1. The monoisotopic (exact) mass is 521 g/mol. The van der Waals surface area contributed by atoms with Gasteiger partial charge in [-0.2, -0.15) is 37.6 Å². The van der Waals surface area contributed by atoms with Crippen LogP contribution in [0.2, 0.25) is 0 Å². The van der Waals surface area contributed by atoms with E-state index in [1.165, 1.54) is 0 Å². The van der Waals surface area contributed by atoms with Crippen molar-refractivity contribution in [2.45, 2.75) is 24.7 Å². The maximum absolute atomic E-state index is 12.7. The summed E-state index contributed by atoms with van der Waals surface area (Å²) in [5.41, 5.74) is 7.23. The molecule has 1 amide bonds. The molecule has 13 heteroatoms. The molecule has 34 heavy (non-hydrogen) atoms. The molecule has 0 fully saturated rings. The van der Waals surface area contributed by atoms with E-state index in [1.807, 2.05) is 36.6 Å². The van der Waals surface area contributed by atoms with Crippen LogP contribution in [0.1, 0.15) is 16.8 Å². The number of fused-ring (bicyclic) bond motifs is 1. The predicted molar refractivity (Wildman–Crippen MR) is 130 cm³/mol. The molecule has 0 aliphatic heterocycles. The van der Waals surface area contributed by atoms with E-state index in [-0.39, 0.29) is 6.04 Å². The first-order valence-corrected chi connectivity index (χ1v) is 11.9. The summed E-state index contributed by atoms with van der Waals surface area (Å²) >= 11 is 5.73. The van der Waals surface area contributed by atoms with Crippen LogP contribution < -0.4 is 16.4 Å². The van der Waals surface area contributed by atoms with E-state index in [0.717, 1.165) is 16.5 Å². The number of carboxylic acids is 2. The average Bonchev–Trinajstić information content (AvgIpc) is 2.79. The average molecular weight is 522 g/mol. The standard InChI is InChI=1S/C19H25N3O3S2.C2HF3O2/c1-27-9-8-17(19(24)25)22-18(23)15-6-7-16(21-10-12(20)11-26)14-5-3-2-4-13(14)15;3-2(4,5)1(6)7/h2-7,12,17,21,26H,8-11,20H2,1H3,(H,22,23)(H,24,25);(H,6,7)/t12-,17+;/m1./s1. The molecule has 0 aliphatic rings. The predicted octanol–water partition coefficient (Wildman–Crippen LogP) is 3.08. The Morgan fingerprint density at radius 2 is 1.71 bits per heavy atom.